The Morgan fingerprint density at radius 3 is 2.50 bits per heavy atom. The van der Waals surface area contributed by atoms with Crippen LogP contribution in [-0.2, 0) is 4.79 Å². The van der Waals surface area contributed by atoms with Crippen LogP contribution in [0.15, 0.2) is 65.1 Å². The molecule has 0 unspecified atom stereocenters. The van der Waals surface area contributed by atoms with Gasteiger partial charge in [0.1, 0.15) is 17.0 Å². The van der Waals surface area contributed by atoms with E-state index < -0.39 is 0 Å². The van der Waals surface area contributed by atoms with Gasteiger partial charge in [0.2, 0.25) is 5.89 Å². The number of carbonyl (C=O) groups is 1. The first-order chi connectivity index (χ1) is 14.5. The number of amides is 1. The Bertz CT molecular complexity index is 1160. The van der Waals surface area contributed by atoms with Gasteiger partial charge in [-0.1, -0.05) is 6.07 Å². The van der Waals surface area contributed by atoms with Crippen molar-refractivity contribution < 1.29 is 18.7 Å². The summed E-state index contributed by atoms with van der Waals surface area (Å²) >= 11 is 0. The van der Waals surface area contributed by atoms with E-state index in [1.807, 2.05) is 50.2 Å². The minimum Gasteiger partial charge on any atom is -0.497 e. The Hall–Kier alpha value is -3.80. The quantitative estimate of drug-likeness (QED) is 0.483. The second kappa shape index (κ2) is 8.29. The third kappa shape index (κ3) is 4.27. The largest absolute Gasteiger partial charge is 0.497 e. The van der Waals surface area contributed by atoms with Crippen molar-refractivity contribution in [3.05, 3.63) is 71.8 Å². The number of ether oxygens (including phenoxy) is 2. The molecule has 6 heteroatoms. The van der Waals surface area contributed by atoms with Gasteiger partial charge in [-0.3, -0.25) is 4.79 Å². The monoisotopic (exact) mass is 402 g/mol. The number of methoxy groups -OCH3 is 1. The van der Waals surface area contributed by atoms with Crippen LogP contribution in [0.25, 0.3) is 22.6 Å². The molecule has 0 radical (unpaired) electrons. The summed E-state index contributed by atoms with van der Waals surface area (Å²) in [5.41, 5.74) is 5.31. The molecular formula is C24H22N2O4. The highest BCUT2D eigenvalue weighted by molar-refractivity contribution is 5.92. The van der Waals surface area contributed by atoms with Gasteiger partial charge in [-0.2, -0.15) is 0 Å². The van der Waals surface area contributed by atoms with Gasteiger partial charge in [-0.05, 0) is 79.6 Å². The summed E-state index contributed by atoms with van der Waals surface area (Å²) in [7, 11) is 1.60. The molecule has 0 fully saturated rings. The first kappa shape index (κ1) is 19.5. The second-order valence-corrected chi connectivity index (χ2v) is 7.02. The molecule has 0 aliphatic carbocycles. The molecule has 4 rings (SSSR count). The number of carbonyl (C=O) groups excluding carboxylic acids is 1. The van der Waals surface area contributed by atoms with E-state index in [-0.39, 0.29) is 12.5 Å². The zero-order chi connectivity index (χ0) is 21.1. The summed E-state index contributed by atoms with van der Waals surface area (Å²) in [6.45, 7) is 3.99. The Morgan fingerprint density at radius 1 is 1.00 bits per heavy atom. The summed E-state index contributed by atoms with van der Waals surface area (Å²) in [5, 5.41) is 2.84. The first-order valence-corrected chi connectivity index (χ1v) is 9.57. The van der Waals surface area contributed by atoms with Crippen molar-refractivity contribution in [3.8, 4) is 23.0 Å². The van der Waals surface area contributed by atoms with Crippen LogP contribution in [0.3, 0.4) is 0 Å². The highest BCUT2D eigenvalue weighted by Crippen LogP contribution is 2.28. The number of nitrogens with one attached hydrogen (secondary N) is 1. The van der Waals surface area contributed by atoms with Crippen molar-refractivity contribution in [1.29, 1.82) is 0 Å². The summed E-state index contributed by atoms with van der Waals surface area (Å²) in [6, 6.07) is 18.5. The van der Waals surface area contributed by atoms with Crippen LogP contribution in [0, 0.1) is 13.8 Å². The molecule has 1 heterocycles. The fourth-order valence-electron chi connectivity index (χ4n) is 3.05. The number of aromatic nitrogens is 1. The van der Waals surface area contributed by atoms with Crippen LogP contribution < -0.4 is 14.8 Å². The number of hydrogen-bond acceptors (Lipinski definition) is 5. The van der Waals surface area contributed by atoms with Gasteiger partial charge < -0.3 is 19.2 Å². The standard InChI is InChI=1S/C24H22N2O4/c1-15-11-21-22(12-16(15)2)30-24(26-21)17-5-4-6-18(13-17)25-23(27)14-29-20-9-7-19(28-3)8-10-20/h4-13H,14H2,1-3H3,(H,25,27). The number of fused-ring (bicyclic) bond motifs is 1. The van der Waals surface area contributed by atoms with Crippen LogP contribution in [0.2, 0.25) is 0 Å². The summed E-state index contributed by atoms with van der Waals surface area (Å²) in [6.07, 6.45) is 0. The van der Waals surface area contributed by atoms with Gasteiger partial charge in [0, 0.05) is 11.3 Å². The van der Waals surface area contributed by atoms with Crippen LogP contribution >= 0.6 is 0 Å². The minimum atomic E-state index is -0.258. The molecule has 0 bridgehead atoms. The topological polar surface area (TPSA) is 73.6 Å². The van der Waals surface area contributed by atoms with Gasteiger partial charge in [0.25, 0.3) is 5.91 Å². The molecule has 0 atom stereocenters. The Labute approximate surface area is 174 Å². The predicted molar refractivity (Wildman–Crippen MR) is 116 cm³/mol. The SMILES string of the molecule is COc1ccc(OCC(=O)Nc2cccc(-c3nc4cc(C)c(C)cc4o3)c2)cc1. The summed E-state index contributed by atoms with van der Waals surface area (Å²) in [4.78, 5) is 16.9. The zero-order valence-electron chi connectivity index (χ0n) is 17.1. The molecule has 3 aromatic carbocycles. The van der Waals surface area contributed by atoms with E-state index in [1.54, 1.807) is 31.4 Å². The Morgan fingerprint density at radius 2 is 1.73 bits per heavy atom. The Kier molecular flexibility index (Phi) is 5.39. The van der Waals surface area contributed by atoms with E-state index in [4.69, 9.17) is 13.9 Å². The highest BCUT2D eigenvalue weighted by atomic mass is 16.5. The predicted octanol–water partition coefficient (Wildman–Crippen LogP) is 5.14. The lowest BCUT2D eigenvalue weighted by Crippen LogP contribution is -2.20. The molecule has 0 saturated carbocycles. The average molecular weight is 402 g/mol. The molecule has 1 amide bonds. The zero-order valence-corrected chi connectivity index (χ0v) is 17.1. The number of oxazole rings is 1. The summed E-state index contributed by atoms with van der Waals surface area (Å²) in [5.74, 6) is 1.58. The van der Waals surface area contributed by atoms with Gasteiger partial charge in [-0.15, -0.1) is 0 Å². The number of benzene rings is 3. The molecule has 4 aromatic rings. The van der Waals surface area contributed by atoms with Gasteiger partial charge in [0.05, 0.1) is 7.11 Å². The van der Waals surface area contributed by atoms with E-state index in [9.17, 15) is 4.79 Å². The minimum absolute atomic E-state index is 0.0992. The second-order valence-electron chi connectivity index (χ2n) is 7.02. The van der Waals surface area contributed by atoms with Gasteiger partial charge in [-0.25, -0.2) is 4.98 Å². The highest BCUT2D eigenvalue weighted by Gasteiger charge is 2.11. The molecule has 0 spiro atoms. The van der Waals surface area contributed by atoms with Crippen LogP contribution in [-0.4, -0.2) is 24.6 Å². The number of aryl methyl sites for hydroxylation is 2. The lowest BCUT2D eigenvalue weighted by molar-refractivity contribution is -0.118. The molecule has 1 N–H and O–H groups in total. The van der Waals surface area contributed by atoms with E-state index in [0.717, 1.165) is 28.0 Å². The fourth-order valence-corrected chi connectivity index (χ4v) is 3.05. The summed E-state index contributed by atoms with van der Waals surface area (Å²) < 4.78 is 16.5. The maximum Gasteiger partial charge on any atom is 0.262 e. The van der Waals surface area contributed by atoms with Crippen molar-refractivity contribution in [1.82, 2.24) is 4.98 Å². The third-order valence-electron chi connectivity index (χ3n) is 4.83. The molecule has 152 valence electrons. The maximum absolute atomic E-state index is 12.3. The van der Waals surface area contributed by atoms with Crippen molar-refractivity contribution in [2.24, 2.45) is 0 Å². The van der Waals surface area contributed by atoms with E-state index >= 15 is 0 Å². The normalized spacial score (nSPS) is 10.8. The Balaban J connectivity index is 1.44. The first-order valence-electron chi connectivity index (χ1n) is 9.57. The van der Waals surface area contributed by atoms with Crippen molar-refractivity contribution in [2.45, 2.75) is 13.8 Å². The molecule has 1 aromatic heterocycles. The smallest absolute Gasteiger partial charge is 0.262 e. The molecule has 0 aliphatic heterocycles. The maximum atomic E-state index is 12.3. The third-order valence-corrected chi connectivity index (χ3v) is 4.83. The molecule has 0 aliphatic rings. The van der Waals surface area contributed by atoms with Crippen molar-refractivity contribution in [2.75, 3.05) is 19.0 Å². The number of rotatable bonds is 6. The lowest BCUT2D eigenvalue weighted by atomic mass is 10.1. The lowest BCUT2D eigenvalue weighted by Gasteiger charge is -2.08. The van der Waals surface area contributed by atoms with Crippen LogP contribution in [0.4, 0.5) is 5.69 Å². The van der Waals surface area contributed by atoms with E-state index in [1.165, 1.54) is 5.56 Å². The molecule has 0 saturated heterocycles. The molecule has 6 nitrogen and oxygen atoms in total. The fraction of sp³-hybridized carbons (Fsp3) is 0.167. The van der Waals surface area contributed by atoms with Crippen LogP contribution in [0.5, 0.6) is 11.5 Å². The van der Waals surface area contributed by atoms with Crippen LogP contribution in [0.1, 0.15) is 11.1 Å². The average Bonchev–Trinajstić information content (AvgIpc) is 3.16. The van der Waals surface area contributed by atoms with Gasteiger partial charge >= 0.3 is 0 Å². The van der Waals surface area contributed by atoms with Crippen molar-refractivity contribution >= 4 is 22.7 Å². The van der Waals surface area contributed by atoms with E-state index in [0.29, 0.717) is 17.3 Å². The molecule has 30 heavy (non-hydrogen) atoms. The molecular weight excluding hydrogens is 380 g/mol. The van der Waals surface area contributed by atoms with E-state index in [2.05, 4.69) is 10.3 Å². The number of nitrogens with zero attached hydrogens (tertiary/aromatic N) is 1. The number of anilines is 1. The van der Waals surface area contributed by atoms with Gasteiger partial charge in [0.15, 0.2) is 12.2 Å². The number of hydrogen-bond donors (Lipinski definition) is 1. The van der Waals surface area contributed by atoms with Crippen molar-refractivity contribution in [3.63, 3.8) is 0 Å².